The topological polar surface area (TPSA) is 38.7 Å². The number of aliphatic imine (C=N–C) groups is 1. The van der Waals surface area contributed by atoms with Crippen LogP contribution >= 0.6 is 11.6 Å². The fourth-order valence-electron chi connectivity index (χ4n) is 2.21. The maximum Gasteiger partial charge on any atom is 0.235 e. The smallest absolute Gasteiger partial charge is 0.235 e. The van der Waals surface area contributed by atoms with Crippen molar-refractivity contribution in [2.75, 3.05) is 7.11 Å². The molecule has 1 aromatic rings. The Balaban J connectivity index is 2.72. The number of methoxy groups -OCH3 is 1. The Morgan fingerprint density at radius 2 is 2.17 bits per heavy atom. The predicted molar refractivity (Wildman–Crippen MR) is 61.6 cm³/mol. The largest absolute Gasteiger partial charge is 0.493 e. The number of nitrogens with zero attached hydrogens (tertiary/aromatic N) is 1. The Morgan fingerprint density at radius 3 is 2.61 bits per heavy atom. The summed E-state index contributed by atoms with van der Waals surface area (Å²) >= 11 is 5.62. The van der Waals surface area contributed by atoms with Crippen molar-refractivity contribution in [1.82, 2.24) is 0 Å². The highest BCUT2D eigenvalue weighted by atomic mass is 35.5. The summed E-state index contributed by atoms with van der Waals surface area (Å²) < 4.78 is 32.7. The van der Waals surface area contributed by atoms with Crippen LogP contribution in [0.4, 0.5) is 8.78 Å². The average molecular weight is 274 g/mol. The lowest BCUT2D eigenvalue weighted by Crippen LogP contribution is -2.33. The van der Waals surface area contributed by atoms with Gasteiger partial charge in [-0.05, 0) is 25.3 Å². The molecule has 0 aromatic heterocycles. The fourth-order valence-corrected chi connectivity index (χ4v) is 2.40. The lowest BCUT2D eigenvalue weighted by Gasteiger charge is -2.38. The van der Waals surface area contributed by atoms with Crippen LogP contribution in [0.1, 0.15) is 24.8 Å². The molecule has 96 valence electrons. The van der Waals surface area contributed by atoms with Crippen molar-refractivity contribution in [2.45, 2.75) is 24.8 Å². The number of halogens is 3. The standard InChI is InChI=1S/C12H10ClF2NO2/c1-18-11-8(14)5-7(13)10(15)9(11)12(16-6-17)3-2-4-12/h5H,2-4H2,1H3. The Kier molecular flexibility index (Phi) is 3.37. The van der Waals surface area contributed by atoms with E-state index in [2.05, 4.69) is 4.99 Å². The molecular weight excluding hydrogens is 264 g/mol. The third-order valence-electron chi connectivity index (χ3n) is 3.24. The second kappa shape index (κ2) is 4.67. The number of rotatable bonds is 3. The molecule has 0 bridgehead atoms. The maximum absolute atomic E-state index is 14.1. The molecule has 1 aromatic carbocycles. The molecule has 1 fully saturated rings. The molecule has 0 radical (unpaired) electrons. The molecule has 1 saturated carbocycles. The van der Waals surface area contributed by atoms with Gasteiger partial charge in [-0.15, -0.1) is 0 Å². The second-order valence-corrected chi connectivity index (χ2v) is 4.56. The van der Waals surface area contributed by atoms with E-state index < -0.39 is 17.2 Å². The number of isocyanates is 1. The highest BCUT2D eigenvalue weighted by molar-refractivity contribution is 6.30. The van der Waals surface area contributed by atoms with Gasteiger partial charge in [0.15, 0.2) is 17.4 Å². The normalized spacial score (nSPS) is 16.7. The summed E-state index contributed by atoms with van der Waals surface area (Å²) in [6.07, 6.45) is 3.06. The zero-order chi connectivity index (χ0) is 13.3. The van der Waals surface area contributed by atoms with E-state index in [1.165, 1.54) is 13.2 Å². The van der Waals surface area contributed by atoms with Crippen molar-refractivity contribution in [3.05, 3.63) is 28.3 Å². The van der Waals surface area contributed by atoms with Gasteiger partial charge in [0.2, 0.25) is 6.08 Å². The Morgan fingerprint density at radius 1 is 1.50 bits per heavy atom. The van der Waals surface area contributed by atoms with Gasteiger partial charge in [-0.25, -0.2) is 13.6 Å². The summed E-state index contributed by atoms with van der Waals surface area (Å²) in [5.74, 6) is -1.82. The van der Waals surface area contributed by atoms with Gasteiger partial charge in [0.1, 0.15) is 5.54 Å². The summed E-state index contributed by atoms with van der Waals surface area (Å²) in [5, 5.41) is -0.351. The van der Waals surface area contributed by atoms with Crippen LogP contribution in [0.15, 0.2) is 11.1 Å². The maximum atomic E-state index is 14.1. The first-order valence-electron chi connectivity index (χ1n) is 5.37. The van der Waals surface area contributed by atoms with Crippen LogP contribution in [0.5, 0.6) is 5.75 Å². The lowest BCUT2D eigenvalue weighted by molar-refractivity contribution is 0.234. The van der Waals surface area contributed by atoms with Crippen molar-refractivity contribution in [2.24, 2.45) is 4.99 Å². The number of carbonyl (C=O) groups excluding carboxylic acids is 1. The number of benzene rings is 1. The van der Waals surface area contributed by atoms with E-state index in [9.17, 15) is 13.6 Å². The number of hydrogen-bond acceptors (Lipinski definition) is 3. The molecule has 0 aliphatic heterocycles. The summed E-state index contributed by atoms with van der Waals surface area (Å²) in [5.41, 5.74) is -1.19. The van der Waals surface area contributed by atoms with Gasteiger partial charge in [0.25, 0.3) is 0 Å². The predicted octanol–water partition coefficient (Wildman–Crippen LogP) is 3.34. The van der Waals surface area contributed by atoms with E-state index in [0.717, 1.165) is 12.5 Å². The van der Waals surface area contributed by atoms with Gasteiger partial charge in [0.05, 0.1) is 17.7 Å². The van der Waals surface area contributed by atoms with Crippen LogP contribution in [-0.4, -0.2) is 13.2 Å². The Hall–Kier alpha value is -1.45. The molecule has 2 rings (SSSR count). The van der Waals surface area contributed by atoms with Crippen LogP contribution in [0, 0.1) is 11.6 Å². The van der Waals surface area contributed by atoms with Crippen molar-refractivity contribution in [3.63, 3.8) is 0 Å². The second-order valence-electron chi connectivity index (χ2n) is 4.15. The van der Waals surface area contributed by atoms with E-state index >= 15 is 0 Å². The molecule has 0 saturated heterocycles. The van der Waals surface area contributed by atoms with Crippen molar-refractivity contribution >= 4 is 17.7 Å². The van der Waals surface area contributed by atoms with Crippen molar-refractivity contribution in [3.8, 4) is 5.75 Å². The van der Waals surface area contributed by atoms with E-state index in [1.807, 2.05) is 0 Å². The van der Waals surface area contributed by atoms with Gasteiger partial charge < -0.3 is 4.74 Å². The molecule has 6 heteroatoms. The quantitative estimate of drug-likeness (QED) is 0.481. The minimum Gasteiger partial charge on any atom is -0.493 e. The fraction of sp³-hybridized carbons (Fsp3) is 0.417. The zero-order valence-corrected chi connectivity index (χ0v) is 10.4. The number of ether oxygens (including phenoxy) is 1. The summed E-state index contributed by atoms with van der Waals surface area (Å²) in [6, 6.07) is 0.843. The first-order chi connectivity index (χ1) is 8.55. The highest BCUT2D eigenvalue weighted by Gasteiger charge is 2.44. The van der Waals surface area contributed by atoms with Crippen LogP contribution in [0.3, 0.4) is 0 Å². The van der Waals surface area contributed by atoms with Gasteiger partial charge in [-0.1, -0.05) is 11.6 Å². The highest BCUT2D eigenvalue weighted by Crippen LogP contribution is 2.50. The van der Waals surface area contributed by atoms with Gasteiger partial charge in [0, 0.05) is 0 Å². The van der Waals surface area contributed by atoms with E-state index in [1.54, 1.807) is 0 Å². The summed E-state index contributed by atoms with van der Waals surface area (Å²) in [4.78, 5) is 14.1. The SMILES string of the molecule is COc1c(F)cc(Cl)c(F)c1C1(N=C=O)CCC1. The van der Waals surface area contributed by atoms with Crippen molar-refractivity contribution < 1.29 is 18.3 Å². The molecule has 0 heterocycles. The molecular formula is C12H10ClF2NO2. The lowest BCUT2D eigenvalue weighted by atomic mass is 9.71. The van der Waals surface area contributed by atoms with Crippen molar-refractivity contribution in [1.29, 1.82) is 0 Å². The monoisotopic (exact) mass is 273 g/mol. The Labute approximate surface area is 107 Å². The molecule has 1 aliphatic rings. The van der Waals surface area contributed by atoms with Crippen LogP contribution in [0.2, 0.25) is 5.02 Å². The third-order valence-corrected chi connectivity index (χ3v) is 3.51. The zero-order valence-electron chi connectivity index (χ0n) is 9.60. The molecule has 3 nitrogen and oxygen atoms in total. The summed E-state index contributed by atoms with van der Waals surface area (Å²) in [7, 11) is 1.23. The molecule has 0 atom stereocenters. The van der Waals surface area contributed by atoms with Crippen LogP contribution < -0.4 is 4.74 Å². The molecule has 1 aliphatic carbocycles. The summed E-state index contributed by atoms with van der Waals surface area (Å²) in [6.45, 7) is 0. The van der Waals surface area contributed by atoms with Crippen LogP contribution in [0.25, 0.3) is 0 Å². The van der Waals surface area contributed by atoms with Gasteiger partial charge in [-0.3, -0.25) is 0 Å². The average Bonchev–Trinajstić information content (AvgIpc) is 2.28. The molecule has 0 N–H and O–H groups in total. The molecule has 0 spiro atoms. The van der Waals surface area contributed by atoms with Gasteiger partial charge >= 0.3 is 0 Å². The first kappa shape index (κ1) is 13.0. The van der Waals surface area contributed by atoms with E-state index in [-0.39, 0.29) is 16.3 Å². The Bertz CT molecular complexity index is 537. The molecule has 0 amide bonds. The number of hydrogen-bond donors (Lipinski definition) is 0. The van der Waals surface area contributed by atoms with Gasteiger partial charge in [-0.2, -0.15) is 4.99 Å². The van der Waals surface area contributed by atoms with E-state index in [4.69, 9.17) is 16.3 Å². The minimum absolute atomic E-state index is 0.0930. The van der Waals surface area contributed by atoms with E-state index in [0.29, 0.717) is 12.8 Å². The third kappa shape index (κ3) is 1.80. The minimum atomic E-state index is -1.09. The first-order valence-corrected chi connectivity index (χ1v) is 5.74. The molecule has 0 unspecified atom stereocenters. The molecule has 18 heavy (non-hydrogen) atoms. The van der Waals surface area contributed by atoms with Crippen LogP contribution in [-0.2, 0) is 10.3 Å².